The van der Waals surface area contributed by atoms with Crippen LogP contribution in [0.15, 0.2) is 36.5 Å². The van der Waals surface area contributed by atoms with Gasteiger partial charge in [-0.1, -0.05) is 166 Å². The minimum atomic E-state index is -4.62. The third kappa shape index (κ3) is 38.3. The molecule has 4 N–H and O–H groups in total. The summed E-state index contributed by atoms with van der Waals surface area (Å²) >= 11 is 0. The van der Waals surface area contributed by atoms with E-state index in [1.54, 1.807) is 0 Å². The maximum atomic E-state index is 12.6. The van der Waals surface area contributed by atoms with Gasteiger partial charge >= 0.3 is 19.8 Å². The van der Waals surface area contributed by atoms with E-state index in [0.29, 0.717) is 13.0 Å². The lowest BCUT2D eigenvalue weighted by molar-refractivity contribution is -0.154. The van der Waals surface area contributed by atoms with Crippen molar-refractivity contribution in [3.63, 3.8) is 0 Å². The molecule has 0 fully saturated rings. The topological polar surface area (TPSA) is 155 Å². The number of phosphoric ester groups is 1. The SMILES string of the molecule is CC/C=C\C/C=C\C/C=C\CCCCCC(=O)OC(COCCCCCCCCCCCCCCCCCCCC)COP(=O)(O)OCC(N)C(=O)O. The zero-order valence-corrected chi connectivity index (χ0v) is 34.5. The van der Waals surface area contributed by atoms with Crippen LogP contribution in [0.25, 0.3) is 0 Å². The minimum Gasteiger partial charge on any atom is -0.480 e. The normalized spacial score (nSPS) is 14.3. The highest BCUT2D eigenvalue weighted by atomic mass is 31.2. The van der Waals surface area contributed by atoms with Crippen molar-refractivity contribution in [1.29, 1.82) is 0 Å². The van der Waals surface area contributed by atoms with Gasteiger partial charge in [-0.05, 0) is 44.9 Å². The van der Waals surface area contributed by atoms with E-state index in [2.05, 4.69) is 50.3 Å². The first kappa shape index (κ1) is 51.2. The van der Waals surface area contributed by atoms with E-state index in [0.717, 1.165) is 57.8 Å². The van der Waals surface area contributed by atoms with Gasteiger partial charge in [-0.3, -0.25) is 18.6 Å². The van der Waals surface area contributed by atoms with Crippen LogP contribution in [0.5, 0.6) is 0 Å². The summed E-state index contributed by atoms with van der Waals surface area (Å²) in [6, 6.07) is -1.48. The Morgan fingerprint density at radius 1 is 0.623 bits per heavy atom. The highest BCUT2D eigenvalue weighted by Crippen LogP contribution is 2.43. The predicted molar refractivity (Wildman–Crippen MR) is 217 cm³/mol. The van der Waals surface area contributed by atoms with Crippen LogP contribution in [0.3, 0.4) is 0 Å². The van der Waals surface area contributed by atoms with E-state index in [-0.39, 0.29) is 13.0 Å². The quantitative estimate of drug-likeness (QED) is 0.0237. The summed E-state index contributed by atoms with van der Waals surface area (Å²) < 4.78 is 33.3. The maximum Gasteiger partial charge on any atom is 0.472 e. The first-order valence-electron chi connectivity index (χ1n) is 21.0. The molecule has 310 valence electrons. The first-order chi connectivity index (χ1) is 25.7. The van der Waals surface area contributed by atoms with E-state index < -0.39 is 45.1 Å². The Morgan fingerprint density at radius 2 is 1.09 bits per heavy atom. The highest BCUT2D eigenvalue weighted by molar-refractivity contribution is 7.47. The summed E-state index contributed by atoms with van der Waals surface area (Å²) in [5, 5.41) is 8.88. The number of phosphoric acid groups is 1. The summed E-state index contributed by atoms with van der Waals surface area (Å²) in [4.78, 5) is 33.4. The zero-order chi connectivity index (χ0) is 39.1. The Morgan fingerprint density at radius 3 is 1.62 bits per heavy atom. The van der Waals surface area contributed by atoms with Crippen LogP contribution < -0.4 is 5.73 Å². The summed E-state index contributed by atoms with van der Waals surface area (Å²) in [6.45, 7) is 3.74. The Labute approximate surface area is 323 Å². The minimum absolute atomic E-state index is 0.00741. The van der Waals surface area contributed by atoms with Crippen molar-refractivity contribution in [1.82, 2.24) is 0 Å². The second kappa shape index (κ2) is 38.5. The fourth-order valence-electron chi connectivity index (χ4n) is 5.68. The average Bonchev–Trinajstić information content (AvgIpc) is 3.13. The number of carboxylic acids is 1. The molecule has 0 aliphatic carbocycles. The van der Waals surface area contributed by atoms with Gasteiger partial charge in [-0.2, -0.15) is 0 Å². The van der Waals surface area contributed by atoms with Gasteiger partial charge in [0.1, 0.15) is 12.1 Å². The largest absolute Gasteiger partial charge is 0.480 e. The summed E-state index contributed by atoms with van der Waals surface area (Å²) in [7, 11) is -4.62. The number of esters is 1. The number of carbonyl (C=O) groups is 2. The molecule has 11 heteroatoms. The second-order valence-corrected chi connectivity index (χ2v) is 15.5. The Bertz CT molecular complexity index is 988. The van der Waals surface area contributed by atoms with Crippen LogP contribution in [-0.2, 0) is 32.7 Å². The van der Waals surface area contributed by atoms with E-state index in [9.17, 15) is 19.0 Å². The average molecular weight is 772 g/mol. The lowest BCUT2D eigenvalue weighted by atomic mass is 10.0. The van der Waals surface area contributed by atoms with Crippen molar-refractivity contribution >= 4 is 19.8 Å². The van der Waals surface area contributed by atoms with Crippen molar-refractivity contribution in [2.75, 3.05) is 26.4 Å². The van der Waals surface area contributed by atoms with Gasteiger partial charge in [-0.15, -0.1) is 0 Å². The van der Waals surface area contributed by atoms with Crippen molar-refractivity contribution in [2.24, 2.45) is 5.73 Å². The van der Waals surface area contributed by atoms with Gasteiger partial charge in [0.15, 0.2) is 0 Å². The monoisotopic (exact) mass is 772 g/mol. The fourth-order valence-corrected chi connectivity index (χ4v) is 6.45. The van der Waals surface area contributed by atoms with Gasteiger partial charge < -0.3 is 25.2 Å². The molecule has 0 radical (unpaired) electrons. The molecule has 0 saturated carbocycles. The third-order valence-corrected chi connectivity index (χ3v) is 9.88. The van der Waals surface area contributed by atoms with Crippen LogP contribution in [0, 0.1) is 0 Å². The van der Waals surface area contributed by atoms with Gasteiger partial charge in [0.2, 0.25) is 0 Å². The summed E-state index contributed by atoms with van der Waals surface area (Å²) in [6.07, 6.45) is 42.0. The van der Waals surface area contributed by atoms with Crippen molar-refractivity contribution in [2.45, 2.75) is 193 Å². The number of carboxylic acid groups (broad SMARTS) is 1. The number of hydrogen-bond acceptors (Lipinski definition) is 8. The molecule has 3 unspecified atom stereocenters. The summed E-state index contributed by atoms with van der Waals surface area (Å²) in [5.74, 6) is -1.81. The lowest BCUT2D eigenvalue weighted by Crippen LogP contribution is -2.34. The van der Waals surface area contributed by atoms with E-state index in [4.69, 9.17) is 29.4 Å². The Balaban J connectivity index is 4.24. The zero-order valence-electron chi connectivity index (χ0n) is 33.6. The van der Waals surface area contributed by atoms with Crippen LogP contribution in [0.4, 0.5) is 0 Å². The van der Waals surface area contributed by atoms with Crippen LogP contribution >= 0.6 is 7.82 Å². The molecule has 0 amide bonds. The molecular weight excluding hydrogens is 693 g/mol. The predicted octanol–water partition coefficient (Wildman–Crippen LogP) is 11.3. The lowest BCUT2D eigenvalue weighted by Gasteiger charge is -2.20. The van der Waals surface area contributed by atoms with E-state index >= 15 is 0 Å². The third-order valence-electron chi connectivity index (χ3n) is 8.93. The number of aliphatic carboxylic acids is 1. The molecular formula is C42H78NO9P. The molecule has 0 aromatic heterocycles. The van der Waals surface area contributed by atoms with Gasteiger partial charge in [-0.25, -0.2) is 4.57 Å². The van der Waals surface area contributed by atoms with Crippen molar-refractivity contribution in [3.05, 3.63) is 36.5 Å². The molecule has 53 heavy (non-hydrogen) atoms. The van der Waals surface area contributed by atoms with Crippen molar-refractivity contribution in [3.8, 4) is 0 Å². The molecule has 0 aliphatic rings. The molecule has 0 spiro atoms. The van der Waals surface area contributed by atoms with Gasteiger partial charge in [0.05, 0.1) is 19.8 Å². The highest BCUT2D eigenvalue weighted by Gasteiger charge is 2.27. The Kier molecular flexibility index (Phi) is 37.2. The van der Waals surface area contributed by atoms with Crippen LogP contribution in [0.1, 0.15) is 181 Å². The number of rotatable bonds is 40. The second-order valence-electron chi connectivity index (χ2n) is 14.1. The summed E-state index contributed by atoms with van der Waals surface area (Å²) in [5.41, 5.74) is 5.34. The smallest absolute Gasteiger partial charge is 0.472 e. The molecule has 0 aromatic rings. The molecule has 0 aromatic carbocycles. The van der Waals surface area contributed by atoms with Crippen LogP contribution in [-0.4, -0.2) is 60.5 Å². The van der Waals surface area contributed by atoms with Crippen molar-refractivity contribution < 1.29 is 42.7 Å². The first-order valence-corrected chi connectivity index (χ1v) is 22.5. The molecule has 0 heterocycles. The number of nitrogens with two attached hydrogens (primary N) is 1. The fraction of sp³-hybridized carbons (Fsp3) is 0.810. The molecule has 0 bridgehead atoms. The van der Waals surface area contributed by atoms with Gasteiger partial charge in [0.25, 0.3) is 0 Å². The van der Waals surface area contributed by atoms with E-state index in [1.165, 1.54) is 96.3 Å². The molecule has 0 saturated heterocycles. The molecule has 0 aliphatic heterocycles. The number of hydrogen-bond donors (Lipinski definition) is 3. The van der Waals surface area contributed by atoms with Gasteiger partial charge in [0, 0.05) is 13.0 Å². The van der Waals surface area contributed by atoms with Crippen LogP contribution in [0.2, 0.25) is 0 Å². The number of ether oxygens (including phenoxy) is 2. The Hall–Kier alpha value is -1.81. The molecule has 3 atom stereocenters. The number of allylic oxidation sites excluding steroid dienone is 6. The maximum absolute atomic E-state index is 12.6. The number of carbonyl (C=O) groups excluding carboxylic acids is 1. The van der Waals surface area contributed by atoms with E-state index in [1.807, 2.05) is 0 Å². The molecule has 0 rings (SSSR count). The standard InChI is InChI=1S/C42H78NO9P/c1-3-5-7-9-11-13-15-17-18-19-20-21-23-25-27-29-31-33-35-49-36-39(37-50-53(47,48)51-38-40(43)42(45)46)52-41(44)34-32-30-28-26-24-22-16-14-12-10-8-6-4-2/h6,8,12,14,22,24,39-40H,3-5,7,9-11,13,15-21,23,25-38,43H2,1-2H3,(H,45,46)(H,47,48)/b8-6-,14-12-,24-22-. The number of unbranched alkanes of at least 4 members (excludes halogenated alkanes) is 20. The molecule has 10 nitrogen and oxygen atoms in total.